The second kappa shape index (κ2) is 13.3. The molecule has 0 aliphatic carbocycles. The predicted octanol–water partition coefficient (Wildman–Crippen LogP) is 5.58. The molecule has 4 rings (SSSR count). The van der Waals surface area contributed by atoms with Gasteiger partial charge in [-0.1, -0.05) is 43.5 Å². The van der Waals surface area contributed by atoms with Crippen LogP contribution in [0.5, 0.6) is 0 Å². The number of carbonyl (C=O) groups excluding carboxylic acids is 1. The van der Waals surface area contributed by atoms with E-state index in [0.717, 1.165) is 65.6 Å². The summed E-state index contributed by atoms with van der Waals surface area (Å²) in [4.78, 5) is 24.9. The van der Waals surface area contributed by atoms with Crippen molar-refractivity contribution in [2.45, 2.75) is 30.0 Å². The monoisotopic (exact) mass is 525 g/mol. The van der Waals surface area contributed by atoms with E-state index >= 15 is 0 Å². The molecule has 0 radical (unpaired) electrons. The first kappa shape index (κ1) is 26.0. The van der Waals surface area contributed by atoms with Crippen molar-refractivity contribution in [2.75, 3.05) is 48.4 Å². The van der Waals surface area contributed by atoms with Gasteiger partial charge in [0, 0.05) is 53.9 Å². The maximum absolute atomic E-state index is 11.8. The summed E-state index contributed by atoms with van der Waals surface area (Å²) in [6, 6.07) is 11.9. The number of aryl methyl sites for hydroxylation is 1. The van der Waals surface area contributed by atoms with Crippen molar-refractivity contribution in [1.29, 1.82) is 0 Å². The van der Waals surface area contributed by atoms with Crippen molar-refractivity contribution in [3.8, 4) is 0 Å². The number of ether oxygens (including phenoxy) is 2. The summed E-state index contributed by atoms with van der Waals surface area (Å²) in [5.74, 6) is 1.56. The maximum Gasteiger partial charge on any atom is 0.411 e. The average Bonchev–Trinajstić information content (AvgIpc) is 3.38. The summed E-state index contributed by atoms with van der Waals surface area (Å²) in [6.45, 7) is 9.60. The molecule has 2 N–H and O–H groups in total. The molecule has 1 aromatic carbocycles. The Labute approximate surface area is 220 Å². The Hall–Kier alpha value is -3.08. The van der Waals surface area contributed by atoms with Crippen molar-refractivity contribution >= 4 is 46.4 Å². The molecule has 0 saturated carbocycles. The number of rotatable bonds is 11. The Kier molecular flexibility index (Phi) is 9.60. The van der Waals surface area contributed by atoms with Crippen LogP contribution in [0, 0.1) is 0 Å². The number of hydrogen-bond donors (Lipinski definition) is 2. The van der Waals surface area contributed by atoms with Gasteiger partial charge in [0.05, 0.1) is 18.9 Å². The summed E-state index contributed by atoms with van der Waals surface area (Å²) >= 11 is 3.46. The first-order valence-electron chi connectivity index (χ1n) is 11.9. The lowest BCUT2D eigenvalue weighted by atomic mass is 10.2. The molecule has 10 heteroatoms. The normalized spacial score (nSPS) is 13.3. The fourth-order valence-electron chi connectivity index (χ4n) is 3.64. The summed E-state index contributed by atoms with van der Waals surface area (Å²) < 4.78 is 11.6. The van der Waals surface area contributed by atoms with Crippen LogP contribution in [0.3, 0.4) is 0 Å². The van der Waals surface area contributed by atoms with E-state index in [4.69, 9.17) is 14.5 Å². The molecular weight excluding hydrogens is 494 g/mol. The van der Waals surface area contributed by atoms with Crippen LogP contribution in [0.4, 0.5) is 22.0 Å². The van der Waals surface area contributed by atoms with E-state index in [1.807, 2.05) is 30.5 Å². The number of morpholine rings is 1. The van der Waals surface area contributed by atoms with E-state index < -0.39 is 6.09 Å². The lowest BCUT2D eigenvalue weighted by Gasteiger charge is -2.29. The number of nitrogens with one attached hydrogen (secondary N) is 2. The Balaban J connectivity index is 1.45. The summed E-state index contributed by atoms with van der Waals surface area (Å²) in [6.07, 6.45) is 3.99. The summed E-state index contributed by atoms with van der Waals surface area (Å²) in [5, 5.41) is 6.19. The van der Waals surface area contributed by atoms with E-state index in [0.29, 0.717) is 12.2 Å². The van der Waals surface area contributed by atoms with Gasteiger partial charge in [0.2, 0.25) is 0 Å². The van der Waals surface area contributed by atoms with Gasteiger partial charge in [-0.2, -0.15) is 0 Å². The molecule has 0 bridgehead atoms. The minimum absolute atomic E-state index is 0.168. The van der Waals surface area contributed by atoms with Gasteiger partial charge in [0.15, 0.2) is 0 Å². The second-order valence-electron chi connectivity index (χ2n) is 8.10. The minimum Gasteiger partial charge on any atom is -0.445 e. The molecule has 3 heterocycles. The third kappa shape index (κ3) is 7.71. The van der Waals surface area contributed by atoms with Gasteiger partial charge in [-0.3, -0.25) is 5.32 Å². The number of amides is 1. The van der Waals surface area contributed by atoms with Crippen LogP contribution in [0.2, 0.25) is 0 Å². The van der Waals surface area contributed by atoms with E-state index in [9.17, 15) is 4.79 Å². The van der Waals surface area contributed by atoms with Crippen molar-refractivity contribution in [3.63, 3.8) is 0 Å². The number of hydrogen-bond acceptors (Lipinski definition) is 9. The number of benzene rings is 1. The van der Waals surface area contributed by atoms with Gasteiger partial charge < -0.3 is 19.7 Å². The number of pyridine rings is 1. The molecule has 3 aromatic rings. The van der Waals surface area contributed by atoms with Gasteiger partial charge in [0.1, 0.15) is 16.8 Å². The van der Waals surface area contributed by atoms with Crippen LogP contribution in [0.25, 0.3) is 0 Å². The molecular formula is C26H31N5O3S2. The standard InChI is InChI=1S/C26H31N5O3S2/c1-3-10-34-25(32)30-20-7-5-6-19(13-20)16-27-24-15-22(31-8-11-33-12-9-31)14-21(29-24)18-35-26-28-17-23(4-2)36-26/h3,5-7,13-15,17H,1,4,8-12,16,18H2,2H3,(H,27,29)(H,30,32). The van der Waals surface area contributed by atoms with Crippen LogP contribution in [-0.2, 0) is 28.2 Å². The zero-order chi connectivity index (χ0) is 25.2. The Morgan fingerprint density at radius 1 is 1.31 bits per heavy atom. The predicted molar refractivity (Wildman–Crippen MR) is 147 cm³/mol. The summed E-state index contributed by atoms with van der Waals surface area (Å²) in [7, 11) is 0. The molecule has 1 aliphatic rings. The van der Waals surface area contributed by atoms with E-state index in [-0.39, 0.29) is 6.61 Å². The molecule has 1 amide bonds. The smallest absolute Gasteiger partial charge is 0.411 e. The zero-order valence-corrected chi connectivity index (χ0v) is 22.0. The SMILES string of the molecule is C=CCOC(=O)Nc1cccc(CNc2cc(N3CCOCC3)cc(CSc3ncc(CC)s3)n2)c1. The number of nitrogens with zero attached hydrogens (tertiary/aromatic N) is 3. The largest absolute Gasteiger partial charge is 0.445 e. The fourth-order valence-corrected chi connectivity index (χ4v) is 5.50. The Morgan fingerprint density at radius 3 is 2.94 bits per heavy atom. The van der Waals surface area contributed by atoms with Gasteiger partial charge in [0.25, 0.3) is 0 Å². The number of thioether (sulfide) groups is 1. The van der Waals surface area contributed by atoms with Crippen molar-refractivity contribution in [1.82, 2.24) is 9.97 Å². The maximum atomic E-state index is 11.8. The third-order valence-electron chi connectivity index (χ3n) is 5.44. The number of aromatic nitrogens is 2. The van der Waals surface area contributed by atoms with Gasteiger partial charge >= 0.3 is 6.09 Å². The Bertz CT molecular complexity index is 1160. The van der Waals surface area contributed by atoms with Crippen LogP contribution in [0.15, 0.2) is 59.6 Å². The highest BCUT2D eigenvalue weighted by Crippen LogP contribution is 2.29. The molecule has 0 unspecified atom stereocenters. The average molecular weight is 526 g/mol. The molecule has 0 spiro atoms. The number of carbonyl (C=O) groups is 1. The minimum atomic E-state index is -0.506. The molecule has 0 atom stereocenters. The fraction of sp³-hybridized carbons (Fsp3) is 0.346. The number of anilines is 3. The van der Waals surface area contributed by atoms with E-state index in [2.05, 4.69) is 46.2 Å². The molecule has 1 aliphatic heterocycles. The Morgan fingerprint density at radius 2 is 2.17 bits per heavy atom. The molecule has 8 nitrogen and oxygen atoms in total. The zero-order valence-electron chi connectivity index (χ0n) is 20.4. The van der Waals surface area contributed by atoms with Crippen molar-refractivity contribution in [3.05, 3.63) is 71.4 Å². The molecule has 36 heavy (non-hydrogen) atoms. The van der Waals surface area contributed by atoms with Crippen molar-refractivity contribution in [2.24, 2.45) is 0 Å². The second-order valence-corrected chi connectivity index (χ2v) is 10.4. The molecule has 2 aromatic heterocycles. The highest BCUT2D eigenvalue weighted by Gasteiger charge is 2.14. The van der Waals surface area contributed by atoms with Crippen LogP contribution >= 0.6 is 23.1 Å². The quantitative estimate of drug-likeness (QED) is 0.248. The topological polar surface area (TPSA) is 88.6 Å². The molecule has 1 saturated heterocycles. The van der Waals surface area contributed by atoms with Crippen molar-refractivity contribution < 1.29 is 14.3 Å². The third-order valence-corrected chi connectivity index (χ3v) is 7.78. The summed E-state index contributed by atoms with van der Waals surface area (Å²) in [5.41, 5.74) is 3.83. The highest BCUT2D eigenvalue weighted by atomic mass is 32.2. The van der Waals surface area contributed by atoms with E-state index in [1.165, 1.54) is 11.0 Å². The first-order chi connectivity index (χ1) is 17.6. The van der Waals surface area contributed by atoms with Gasteiger partial charge in [-0.25, -0.2) is 14.8 Å². The first-order valence-corrected chi connectivity index (χ1v) is 13.7. The van der Waals surface area contributed by atoms with Crippen LogP contribution in [-0.4, -0.2) is 49.0 Å². The van der Waals surface area contributed by atoms with Crippen LogP contribution in [0.1, 0.15) is 23.1 Å². The molecule has 190 valence electrons. The lowest BCUT2D eigenvalue weighted by Crippen LogP contribution is -2.36. The lowest BCUT2D eigenvalue weighted by molar-refractivity contribution is 0.122. The number of thiazole rings is 1. The van der Waals surface area contributed by atoms with Gasteiger partial charge in [-0.15, -0.1) is 11.3 Å². The van der Waals surface area contributed by atoms with E-state index in [1.54, 1.807) is 23.1 Å². The van der Waals surface area contributed by atoms with Crippen LogP contribution < -0.4 is 15.5 Å². The highest BCUT2D eigenvalue weighted by molar-refractivity contribution is 8.00. The molecule has 1 fully saturated rings. The van der Waals surface area contributed by atoms with Gasteiger partial charge in [-0.05, 0) is 30.2 Å².